The number of rotatable bonds is 14. The summed E-state index contributed by atoms with van der Waals surface area (Å²) in [6.07, 6.45) is 1.15. The van der Waals surface area contributed by atoms with Gasteiger partial charge in [0.2, 0.25) is 23.6 Å². The van der Waals surface area contributed by atoms with Crippen LogP contribution in [0.1, 0.15) is 32.3 Å². The Morgan fingerprint density at radius 1 is 0.946 bits per heavy atom. The van der Waals surface area contributed by atoms with Gasteiger partial charge in [-0.2, -0.15) is 0 Å². The predicted molar refractivity (Wildman–Crippen MR) is 134 cm³/mol. The molecule has 10 N–H and O–H groups in total. The molecule has 13 nitrogen and oxygen atoms in total. The Hall–Kier alpha value is -3.97. The number of fused-ring (bicyclic) bond motifs is 1. The van der Waals surface area contributed by atoms with Gasteiger partial charge in [-0.05, 0) is 24.0 Å². The van der Waals surface area contributed by atoms with Crippen molar-refractivity contribution < 1.29 is 34.2 Å². The van der Waals surface area contributed by atoms with Crippen molar-refractivity contribution in [3.05, 3.63) is 36.0 Å². The van der Waals surface area contributed by atoms with Gasteiger partial charge in [0.1, 0.15) is 24.2 Å². The fraction of sp³-hybridized carbons (Fsp3) is 0.458. The van der Waals surface area contributed by atoms with Gasteiger partial charge < -0.3 is 42.6 Å². The van der Waals surface area contributed by atoms with Gasteiger partial charge in [-0.1, -0.05) is 32.0 Å². The first-order valence-electron chi connectivity index (χ1n) is 11.8. The van der Waals surface area contributed by atoms with Crippen LogP contribution in [0.25, 0.3) is 10.9 Å². The number of carbonyl (C=O) groups excluding carboxylic acids is 4. The summed E-state index contributed by atoms with van der Waals surface area (Å²) in [4.78, 5) is 64.7. The topological polar surface area (TPSA) is 230 Å². The largest absolute Gasteiger partial charge is 0.480 e. The molecule has 202 valence electrons. The number of H-pyrrole nitrogens is 1. The lowest BCUT2D eigenvalue weighted by Gasteiger charge is -2.25. The monoisotopic (exact) mass is 518 g/mol. The number of hydrogen-bond acceptors (Lipinski definition) is 7. The number of aromatic amines is 1. The van der Waals surface area contributed by atoms with Crippen molar-refractivity contribution in [3.63, 3.8) is 0 Å². The molecular weight excluding hydrogens is 484 g/mol. The van der Waals surface area contributed by atoms with Crippen LogP contribution in [0, 0.1) is 5.92 Å². The third-order valence-electron chi connectivity index (χ3n) is 5.63. The summed E-state index contributed by atoms with van der Waals surface area (Å²) in [7, 11) is 0. The molecule has 0 spiro atoms. The number of benzene rings is 1. The zero-order valence-corrected chi connectivity index (χ0v) is 20.7. The van der Waals surface area contributed by atoms with Gasteiger partial charge in [0, 0.05) is 23.5 Å². The molecule has 0 aliphatic carbocycles. The second-order valence-corrected chi connectivity index (χ2v) is 9.17. The molecule has 0 radical (unpaired) electrons. The summed E-state index contributed by atoms with van der Waals surface area (Å²) in [6, 6.07) is 2.01. The molecule has 0 aliphatic rings. The Morgan fingerprint density at radius 2 is 1.54 bits per heavy atom. The minimum absolute atomic E-state index is 0.0580. The van der Waals surface area contributed by atoms with E-state index in [1.54, 1.807) is 26.1 Å². The number of hydrogen-bond donors (Lipinski definition) is 8. The van der Waals surface area contributed by atoms with Crippen LogP contribution in [-0.2, 0) is 30.4 Å². The lowest BCUT2D eigenvalue weighted by molar-refractivity contribution is -0.142. The molecule has 1 heterocycles. The van der Waals surface area contributed by atoms with Crippen LogP contribution in [0.2, 0.25) is 0 Å². The number of carbonyl (C=O) groups is 5. The number of nitrogens with two attached hydrogens (primary N) is 2. The molecule has 1 aromatic heterocycles. The van der Waals surface area contributed by atoms with Crippen LogP contribution in [0.3, 0.4) is 0 Å². The highest BCUT2D eigenvalue weighted by Gasteiger charge is 2.31. The van der Waals surface area contributed by atoms with E-state index < -0.39 is 66.8 Å². The molecule has 4 unspecified atom stereocenters. The fourth-order valence-corrected chi connectivity index (χ4v) is 3.74. The first-order valence-corrected chi connectivity index (χ1v) is 11.8. The second kappa shape index (κ2) is 13.4. The van der Waals surface area contributed by atoms with Gasteiger partial charge in [0.05, 0.1) is 13.0 Å². The number of nitrogens with one attached hydrogen (secondary N) is 4. The van der Waals surface area contributed by atoms with Crippen molar-refractivity contribution >= 4 is 40.5 Å². The van der Waals surface area contributed by atoms with Crippen molar-refractivity contribution in [3.8, 4) is 0 Å². The minimum Gasteiger partial charge on any atom is -0.480 e. The highest BCUT2D eigenvalue weighted by Crippen LogP contribution is 2.19. The number of carboxylic acids is 1. The molecule has 1 aromatic carbocycles. The first kappa shape index (κ1) is 29.3. The SMILES string of the molecule is CC(C)CC(NC(=O)C(N)CO)C(=O)NC(CC(N)=O)C(=O)NC(Cc1c[nH]c2ccccc12)C(=O)O. The zero-order chi connectivity index (χ0) is 27.7. The molecule has 0 saturated carbocycles. The van der Waals surface area contributed by atoms with E-state index >= 15 is 0 Å². The summed E-state index contributed by atoms with van der Waals surface area (Å²) < 4.78 is 0. The molecular formula is C24H34N6O7. The zero-order valence-electron chi connectivity index (χ0n) is 20.7. The van der Waals surface area contributed by atoms with Gasteiger partial charge in [0.15, 0.2) is 0 Å². The van der Waals surface area contributed by atoms with Crippen molar-refractivity contribution in [1.82, 2.24) is 20.9 Å². The van der Waals surface area contributed by atoms with Crippen LogP contribution >= 0.6 is 0 Å². The highest BCUT2D eigenvalue weighted by atomic mass is 16.4. The van der Waals surface area contributed by atoms with Crippen molar-refractivity contribution in [1.29, 1.82) is 0 Å². The van der Waals surface area contributed by atoms with Crippen LogP contribution in [0.15, 0.2) is 30.5 Å². The van der Waals surface area contributed by atoms with E-state index in [1.807, 2.05) is 18.2 Å². The van der Waals surface area contributed by atoms with E-state index in [2.05, 4.69) is 20.9 Å². The number of amides is 4. The maximum Gasteiger partial charge on any atom is 0.326 e. The third-order valence-corrected chi connectivity index (χ3v) is 5.63. The Morgan fingerprint density at radius 3 is 2.14 bits per heavy atom. The van der Waals surface area contributed by atoms with E-state index in [9.17, 15) is 29.1 Å². The molecule has 0 bridgehead atoms. The normalized spacial score (nSPS) is 14.4. The number of aliphatic hydroxyl groups is 1. The maximum absolute atomic E-state index is 13.0. The summed E-state index contributed by atoms with van der Waals surface area (Å²) in [5.41, 5.74) is 12.2. The van der Waals surface area contributed by atoms with Gasteiger partial charge >= 0.3 is 5.97 Å². The number of aromatic nitrogens is 1. The average molecular weight is 519 g/mol. The first-order chi connectivity index (χ1) is 17.4. The molecule has 37 heavy (non-hydrogen) atoms. The number of primary amides is 1. The predicted octanol–water partition coefficient (Wildman–Crippen LogP) is -1.51. The molecule has 2 rings (SSSR count). The average Bonchev–Trinajstić information content (AvgIpc) is 3.24. The summed E-state index contributed by atoms with van der Waals surface area (Å²) in [6.45, 7) is 2.96. The van der Waals surface area contributed by atoms with Crippen LogP contribution in [0.5, 0.6) is 0 Å². The maximum atomic E-state index is 13.0. The molecule has 13 heteroatoms. The van der Waals surface area contributed by atoms with Crippen LogP contribution in [-0.4, -0.2) is 75.6 Å². The summed E-state index contributed by atoms with van der Waals surface area (Å²) >= 11 is 0. The second-order valence-electron chi connectivity index (χ2n) is 9.17. The molecule has 2 aromatic rings. The lowest BCUT2D eigenvalue weighted by Crippen LogP contribution is -2.58. The van der Waals surface area contributed by atoms with E-state index in [4.69, 9.17) is 16.6 Å². The number of aliphatic carboxylic acids is 1. The Labute approximate surface area is 213 Å². The number of para-hydroxylation sites is 1. The van der Waals surface area contributed by atoms with Gasteiger partial charge in [0.25, 0.3) is 0 Å². The van der Waals surface area contributed by atoms with Crippen molar-refractivity contribution in [2.45, 2.75) is 57.3 Å². The standard InChI is InChI=1S/C24H34N6O7/c1-12(2)7-17(28-21(33)15(25)11-31)22(34)29-18(9-20(26)32)23(35)30-19(24(36)37)8-13-10-27-16-6-4-3-5-14(13)16/h3-6,10,12,15,17-19,27,31H,7-9,11,25H2,1-2H3,(H2,26,32)(H,28,33)(H,29,34)(H,30,35)(H,36,37). The van der Waals surface area contributed by atoms with E-state index in [1.165, 1.54) is 0 Å². The Bertz CT molecular complexity index is 1130. The molecule has 4 amide bonds. The highest BCUT2D eigenvalue weighted by molar-refractivity contribution is 5.96. The van der Waals surface area contributed by atoms with E-state index in [-0.39, 0.29) is 18.8 Å². The summed E-state index contributed by atoms with van der Waals surface area (Å²) in [5, 5.41) is 26.8. The van der Waals surface area contributed by atoms with Crippen LogP contribution in [0.4, 0.5) is 0 Å². The molecule has 0 aliphatic heterocycles. The lowest BCUT2D eigenvalue weighted by atomic mass is 10.0. The summed E-state index contributed by atoms with van der Waals surface area (Å²) in [5.74, 6) is -4.78. The Balaban J connectivity index is 2.19. The molecule has 0 saturated heterocycles. The smallest absolute Gasteiger partial charge is 0.326 e. The van der Waals surface area contributed by atoms with Crippen molar-refractivity contribution in [2.24, 2.45) is 17.4 Å². The number of carboxylic acid groups (broad SMARTS) is 1. The third kappa shape index (κ3) is 8.58. The van der Waals surface area contributed by atoms with Gasteiger partial charge in [-0.3, -0.25) is 19.2 Å². The van der Waals surface area contributed by atoms with E-state index in [0.717, 1.165) is 10.9 Å². The van der Waals surface area contributed by atoms with Gasteiger partial charge in [-0.25, -0.2) is 4.79 Å². The van der Waals surface area contributed by atoms with Gasteiger partial charge in [-0.15, -0.1) is 0 Å². The van der Waals surface area contributed by atoms with E-state index in [0.29, 0.717) is 5.56 Å². The molecule has 4 atom stereocenters. The fourth-order valence-electron chi connectivity index (χ4n) is 3.74. The molecule has 0 fully saturated rings. The van der Waals surface area contributed by atoms with Crippen molar-refractivity contribution in [2.75, 3.05) is 6.61 Å². The number of aliphatic hydroxyl groups excluding tert-OH is 1. The minimum atomic E-state index is -1.49. The van der Waals surface area contributed by atoms with Crippen LogP contribution < -0.4 is 27.4 Å². The quantitative estimate of drug-likeness (QED) is 0.146. The Kier molecular flexibility index (Phi) is 10.6.